The van der Waals surface area contributed by atoms with E-state index >= 15 is 0 Å². The molecule has 2 unspecified atom stereocenters. The number of hydrogen-bond donors (Lipinski definition) is 0. The zero-order chi connectivity index (χ0) is 17.2. The van der Waals surface area contributed by atoms with Crippen molar-refractivity contribution in [2.24, 2.45) is 0 Å². The highest BCUT2D eigenvalue weighted by molar-refractivity contribution is 7.88. The van der Waals surface area contributed by atoms with Crippen molar-refractivity contribution < 1.29 is 17.5 Å². The highest BCUT2D eigenvalue weighted by Gasteiger charge is 2.36. The highest BCUT2D eigenvalue weighted by Crippen LogP contribution is 2.30. The Morgan fingerprint density at radius 2 is 1.79 bits per heavy atom. The Labute approximate surface area is 141 Å². The minimum absolute atomic E-state index is 0.140. The molecule has 2 aromatic rings. The summed E-state index contributed by atoms with van der Waals surface area (Å²) in [5, 5.41) is 0. The van der Waals surface area contributed by atoms with Gasteiger partial charge in [0.1, 0.15) is 5.82 Å². The summed E-state index contributed by atoms with van der Waals surface area (Å²) in [7, 11) is -3.51. The molecule has 0 spiro atoms. The number of morpholine rings is 1. The summed E-state index contributed by atoms with van der Waals surface area (Å²) in [4.78, 5) is 0. The Bertz CT molecular complexity index is 778. The molecule has 1 aliphatic heterocycles. The number of hydrogen-bond acceptors (Lipinski definition) is 3. The fourth-order valence-electron chi connectivity index (χ4n) is 3.05. The van der Waals surface area contributed by atoms with Crippen LogP contribution in [0.1, 0.15) is 24.2 Å². The van der Waals surface area contributed by atoms with Gasteiger partial charge in [-0.05, 0) is 30.2 Å². The molecular weight excluding hydrogens is 329 g/mol. The molecule has 0 aromatic heterocycles. The third-order valence-electron chi connectivity index (χ3n) is 4.25. The number of halogens is 1. The van der Waals surface area contributed by atoms with Gasteiger partial charge in [-0.25, -0.2) is 12.8 Å². The van der Waals surface area contributed by atoms with Crippen molar-refractivity contribution in [3.63, 3.8) is 0 Å². The Morgan fingerprint density at radius 1 is 1.12 bits per heavy atom. The Balaban J connectivity index is 1.80. The van der Waals surface area contributed by atoms with E-state index in [1.807, 2.05) is 37.3 Å². The van der Waals surface area contributed by atoms with Crippen molar-refractivity contribution in [1.29, 1.82) is 0 Å². The first-order valence-corrected chi connectivity index (χ1v) is 9.49. The van der Waals surface area contributed by atoms with Gasteiger partial charge in [-0.1, -0.05) is 42.5 Å². The molecule has 2 aromatic carbocycles. The van der Waals surface area contributed by atoms with E-state index < -0.39 is 10.0 Å². The third kappa shape index (κ3) is 3.66. The molecule has 0 bridgehead atoms. The molecule has 0 N–H and O–H groups in total. The molecular formula is C18H20FNO3S. The van der Waals surface area contributed by atoms with Crippen LogP contribution in [0.15, 0.2) is 54.6 Å². The summed E-state index contributed by atoms with van der Waals surface area (Å²) in [6.07, 6.45) is -0.289. The molecule has 0 aliphatic carbocycles. The van der Waals surface area contributed by atoms with Gasteiger partial charge in [0.25, 0.3) is 0 Å². The summed E-state index contributed by atoms with van der Waals surface area (Å²) in [6.45, 7) is 2.54. The lowest BCUT2D eigenvalue weighted by molar-refractivity contribution is -0.0361. The molecule has 24 heavy (non-hydrogen) atoms. The summed E-state index contributed by atoms with van der Waals surface area (Å²) in [6, 6.07) is 14.9. The lowest BCUT2D eigenvalue weighted by Crippen LogP contribution is -2.48. The Kier molecular flexibility index (Phi) is 4.99. The average molecular weight is 349 g/mol. The molecule has 0 radical (unpaired) electrons. The SMILES string of the molecule is CC1C(c2ccccc2)OCCN1S(=O)(=O)Cc1ccc(F)cc1. The van der Waals surface area contributed by atoms with E-state index in [-0.39, 0.29) is 23.7 Å². The van der Waals surface area contributed by atoms with Gasteiger partial charge in [-0.2, -0.15) is 4.31 Å². The number of ether oxygens (including phenoxy) is 1. The van der Waals surface area contributed by atoms with E-state index in [0.29, 0.717) is 18.7 Å². The first-order valence-electron chi connectivity index (χ1n) is 7.88. The third-order valence-corrected chi connectivity index (χ3v) is 6.18. The van der Waals surface area contributed by atoms with Crippen molar-refractivity contribution in [2.75, 3.05) is 13.2 Å². The number of benzene rings is 2. The first-order chi connectivity index (χ1) is 11.5. The van der Waals surface area contributed by atoms with Crippen LogP contribution in [-0.4, -0.2) is 31.9 Å². The van der Waals surface area contributed by atoms with Gasteiger partial charge in [0, 0.05) is 6.54 Å². The smallest absolute Gasteiger partial charge is 0.218 e. The van der Waals surface area contributed by atoms with Crippen LogP contribution in [0.4, 0.5) is 4.39 Å². The van der Waals surface area contributed by atoms with Crippen LogP contribution in [-0.2, 0) is 20.5 Å². The van der Waals surface area contributed by atoms with Gasteiger partial charge < -0.3 is 4.74 Å². The van der Waals surface area contributed by atoms with E-state index in [1.165, 1.54) is 28.6 Å². The quantitative estimate of drug-likeness (QED) is 0.852. The lowest BCUT2D eigenvalue weighted by atomic mass is 10.0. The zero-order valence-corrected chi connectivity index (χ0v) is 14.2. The minimum atomic E-state index is -3.51. The van der Waals surface area contributed by atoms with E-state index in [9.17, 15) is 12.8 Å². The second-order valence-corrected chi connectivity index (χ2v) is 7.86. The van der Waals surface area contributed by atoms with Gasteiger partial charge in [0.2, 0.25) is 10.0 Å². The first kappa shape index (κ1) is 17.1. The van der Waals surface area contributed by atoms with Crippen LogP contribution in [0.5, 0.6) is 0 Å². The Morgan fingerprint density at radius 3 is 2.46 bits per heavy atom. The fourth-order valence-corrected chi connectivity index (χ4v) is 4.80. The van der Waals surface area contributed by atoms with Crippen LogP contribution in [0.2, 0.25) is 0 Å². The molecule has 4 nitrogen and oxygen atoms in total. The zero-order valence-electron chi connectivity index (χ0n) is 13.4. The van der Waals surface area contributed by atoms with Gasteiger partial charge in [0.05, 0.1) is 24.5 Å². The molecule has 3 rings (SSSR count). The van der Waals surface area contributed by atoms with Crippen LogP contribution in [0.25, 0.3) is 0 Å². The maximum Gasteiger partial charge on any atom is 0.218 e. The maximum absolute atomic E-state index is 13.0. The van der Waals surface area contributed by atoms with Crippen LogP contribution in [0, 0.1) is 5.82 Å². The second kappa shape index (κ2) is 7.01. The second-order valence-electron chi connectivity index (χ2n) is 5.94. The van der Waals surface area contributed by atoms with E-state index in [2.05, 4.69) is 0 Å². The van der Waals surface area contributed by atoms with Gasteiger partial charge >= 0.3 is 0 Å². The number of nitrogens with zero attached hydrogens (tertiary/aromatic N) is 1. The predicted octanol–water partition coefficient (Wildman–Crippen LogP) is 3.12. The minimum Gasteiger partial charge on any atom is -0.370 e. The van der Waals surface area contributed by atoms with Gasteiger partial charge in [0.15, 0.2) is 0 Å². The topological polar surface area (TPSA) is 46.6 Å². The molecule has 1 saturated heterocycles. The summed E-state index contributed by atoms with van der Waals surface area (Å²) >= 11 is 0. The maximum atomic E-state index is 13.0. The van der Waals surface area contributed by atoms with Gasteiger partial charge in [-0.15, -0.1) is 0 Å². The summed E-state index contributed by atoms with van der Waals surface area (Å²) in [5.41, 5.74) is 1.54. The fraction of sp³-hybridized carbons (Fsp3) is 0.333. The molecule has 6 heteroatoms. The van der Waals surface area contributed by atoms with Gasteiger partial charge in [-0.3, -0.25) is 0 Å². The largest absolute Gasteiger partial charge is 0.370 e. The van der Waals surface area contributed by atoms with E-state index in [0.717, 1.165) is 5.56 Å². The standard InChI is InChI=1S/C18H20FNO3S/c1-14-18(16-5-3-2-4-6-16)23-12-11-20(14)24(21,22)13-15-7-9-17(19)10-8-15/h2-10,14,18H,11-13H2,1H3. The van der Waals surface area contributed by atoms with Crippen molar-refractivity contribution in [2.45, 2.75) is 24.8 Å². The van der Waals surface area contributed by atoms with Crippen molar-refractivity contribution in [3.8, 4) is 0 Å². The molecule has 0 saturated carbocycles. The van der Waals surface area contributed by atoms with Crippen molar-refractivity contribution in [1.82, 2.24) is 4.31 Å². The Hall–Kier alpha value is -1.76. The summed E-state index contributed by atoms with van der Waals surface area (Å²) < 4.78 is 45.9. The predicted molar refractivity (Wildman–Crippen MR) is 90.3 cm³/mol. The lowest BCUT2D eigenvalue weighted by Gasteiger charge is -2.38. The summed E-state index contributed by atoms with van der Waals surface area (Å²) in [5.74, 6) is -0.515. The van der Waals surface area contributed by atoms with Crippen LogP contribution >= 0.6 is 0 Å². The van der Waals surface area contributed by atoms with E-state index in [4.69, 9.17) is 4.74 Å². The molecule has 2 atom stereocenters. The monoisotopic (exact) mass is 349 g/mol. The van der Waals surface area contributed by atoms with E-state index in [1.54, 1.807) is 0 Å². The highest BCUT2D eigenvalue weighted by atomic mass is 32.2. The van der Waals surface area contributed by atoms with Crippen molar-refractivity contribution >= 4 is 10.0 Å². The molecule has 0 amide bonds. The molecule has 128 valence electrons. The molecule has 1 fully saturated rings. The molecule has 1 aliphatic rings. The molecule has 1 heterocycles. The van der Waals surface area contributed by atoms with Crippen molar-refractivity contribution in [3.05, 3.63) is 71.5 Å². The van der Waals surface area contributed by atoms with Crippen LogP contribution in [0.3, 0.4) is 0 Å². The number of sulfonamides is 1. The number of rotatable bonds is 4. The van der Waals surface area contributed by atoms with Crippen LogP contribution < -0.4 is 0 Å². The average Bonchev–Trinajstić information content (AvgIpc) is 2.57. The normalized spacial score (nSPS) is 22.4.